The van der Waals surface area contributed by atoms with Crippen LogP contribution in [0.25, 0.3) is 5.57 Å². The van der Waals surface area contributed by atoms with Crippen LogP contribution in [0.4, 0.5) is 14.9 Å². The number of hydrogen-bond acceptors (Lipinski definition) is 6. The number of ether oxygens (including phenoxy) is 2. The maximum absolute atomic E-state index is 14.5. The summed E-state index contributed by atoms with van der Waals surface area (Å²) in [7, 11) is -3.62. The highest BCUT2D eigenvalue weighted by Gasteiger charge is 2.33. The van der Waals surface area contributed by atoms with Crippen LogP contribution in [0.15, 0.2) is 24.3 Å². The smallest absolute Gasteiger partial charge is 0.414 e. The fourth-order valence-electron chi connectivity index (χ4n) is 2.72. The third-order valence-corrected chi connectivity index (χ3v) is 4.48. The van der Waals surface area contributed by atoms with Gasteiger partial charge in [-0.2, -0.15) is 8.42 Å². The monoisotopic (exact) mass is 371 g/mol. The number of carbonyl (C=O) groups is 1. The van der Waals surface area contributed by atoms with E-state index in [0.29, 0.717) is 30.9 Å². The zero-order chi connectivity index (χ0) is 18.0. The second kappa shape index (κ2) is 7.11. The first-order chi connectivity index (χ1) is 11.8. The number of benzene rings is 1. The van der Waals surface area contributed by atoms with E-state index in [4.69, 9.17) is 9.47 Å². The minimum absolute atomic E-state index is 0.0870. The molecule has 0 bridgehead atoms. The molecule has 9 heteroatoms. The molecule has 0 N–H and O–H groups in total. The highest BCUT2D eigenvalue weighted by Crippen LogP contribution is 2.29. The van der Waals surface area contributed by atoms with Gasteiger partial charge in [0.15, 0.2) is 0 Å². The standard InChI is InChI=1S/C16H18FNO6S/c1-25(20,21)23-10-13-9-18(16(19)24-13)12-2-3-14(15(17)8-12)11-4-6-22-7-5-11/h2-4,8,13H,5-7,9-10H2,1H3. The topological polar surface area (TPSA) is 82.1 Å². The number of amides is 1. The van der Waals surface area contributed by atoms with E-state index in [1.807, 2.05) is 6.08 Å². The average molecular weight is 371 g/mol. The number of hydrogen-bond donors (Lipinski definition) is 0. The number of carbonyl (C=O) groups excluding carboxylic acids is 1. The Hall–Kier alpha value is -1.97. The fraction of sp³-hybridized carbons (Fsp3) is 0.438. The zero-order valence-electron chi connectivity index (χ0n) is 13.6. The van der Waals surface area contributed by atoms with Gasteiger partial charge in [-0.15, -0.1) is 0 Å². The Bertz CT molecular complexity index is 807. The Kier molecular flexibility index (Phi) is 5.07. The lowest BCUT2D eigenvalue weighted by Crippen LogP contribution is -2.26. The van der Waals surface area contributed by atoms with Crippen LogP contribution in [0, 0.1) is 5.82 Å². The number of cyclic esters (lactones) is 1. The van der Waals surface area contributed by atoms with Crippen molar-refractivity contribution in [1.82, 2.24) is 0 Å². The van der Waals surface area contributed by atoms with Gasteiger partial charge < -0.3 is 9.47 Å². The Morgan fingerprint density at radius 2 is 2.20 bits per heavy atom. The molecule has 1 saturated heterocycles. The van der Waals surface area contributed by atoms with Crippen molar-refractivity contribution in [3.05, 3.63) is 35.7 Å². The van der Waals surface area contributed by atoms with Crippen LogP contribution in [0.1, 0.15) is 12.0 Å². The second-order valence-corrected chi connectivity index (χ2v) is 7.47. The second-order valence-electron chi connectivity index (χ2n) is 5.82. The molecule has 0 aliphatic carbocycles. The predicted octanol–water partition coefficient (Wildman–Crippen LogP) is 1.93. The van der Waals surface area contributed by atoms with E-state index in [1.54, 1.807) is 12.1 Å². The van der Waals surface area contributed by atoms with Gasteiger partial charge in [-0.25, -0.2) is 9.18 Å². The molecule has 1 amide bonds. The minimum Gasteiger partial charge on any atom is -0.441 e. The lowest BCUT2D eigenvalue weighted by Gasteiger charge is -2.17. The van der Waals surface area contributed by atoms with Crippen LogP contribution in [0.3, 0.4) is 0 Å². The van der Waals surface area contributed by atoms with Gasteiger partial charge in [0.2, 0.25) is 0 Å². The molecule has 3 rings (SSSR count). The highest BCUT2D eigenvalue weighted by molar-refractivity contribution is 7.85. The summed E-state index contributed by atoms with van der Waals surface area (Å²) in [6.45, 7) is 0.822. The van der Waals surface area contributed by atoms with Crippen LogP contribution in [0.5, 0.6) is 0 Å². The third kappa shape index (κ3) is 4.36. The molecule has 0 radical (unpaired) electrons. The van der Waals surface area contributed by atoms with Crippen LogP contribution in [-0.4, -0.2) is 53.2 Å². The molecule has 7 nitrogen and oxygen atoms in total. The molecule has 2 heterocycles. The Labute approximate surface area is 145 Å². The van der Waals surface area contributed by atoms with E-state index >= 15 is 0 Å². The lowest BCUT2D eigenvalue weighted by atomic mass is 10.0. The zero-order valence-corrected chi connectivity index (χ0v) is 14.4. The van der Waals surface area contributed by atoms with Crippen molar-refractivity contribution in [2.75, 3.05) is 37.5 Å². The molecule has 1 aromatic rings. The summed E-state index contributed by atoms with van der Waals surface area (Å²) in [6, 6.07) is 4.53. The van der Waals surface area contributed by atoms with E-state index in [9.17, 15) is 17.6 Å². The molecular formula is C16H18FNO6S. The summed E-state index contributed by atoms with van der Waals surface area (Å²) < 4.78 is 51.4. The van der Waals surface area contributed by atoms with Gasteiger partial charge in [0.1, 0.15) is 18.5 Å². The number of nitrogens with zero attached hydrogens (tertiary/aromatic N) is 1. The molecule has 1 unspecified atom stereocenters. The Morgan fingerprint density at radius 1 is 1.40 bits per heavy atom. The van der Waals surface area contributed by atoms with Crippen molar-refractivity contribution in [2.24, 2.45) is 0 Å². The van der Waals surface area contributed by atoms with Crippen LogP contribution in [-0.2, 0) is 23.8 Å². The summed E-state index contributed by atoms with van der Waals surface area (Å²) in [4.78, 5) is 13.2. The summed E-state index contributed by atoms with van der Waals surface area (Å²) in [5, 5.41) is 0. The highest BCUT2D eigenvalue weighted by atomic mass is 32.2. The van der Waals surface area contributed by atoms with Crippen LogP contribution >= 0.6 is 0 Å². The van der Waals surface area contributed by atoms with Crippen LogP contribution < -0.4 is 4.90 Å². The molecular weight excluding hydrogens is 353 g/mol. The Morgan fingerprint density at radius 3 is 2.84 bits per heavy atom. The van der Waals surface area contributed by atoms with Crippen molar-refractivity contribution in [1.29, 1.82) is 0 Å². The molecule has 0 spiro atoms. The SMILES string of the molecule is CS(=O)(=O)OCC1CN(c2ccc(C3=CCOCC3)c(F)c2)C(=O)O1. The van der Waals surface area contributed by atoms with E-state index in [-0.39, 0.29) is 13.2 Å². The van der Waals surface area contributed by atoms with E-state index < -0.39 is 28.1 Å². The van der Waals surface area contributed by atoms with Crippen molar-refractivity contribution < 1.29 is 31.3 Å². The summed E-state index contributed by atoms with van der Waals surface area (Å²) in [5.41, 5.74) is 1.70. The van der Waals surface area contributed by atoms with Crippen LogP contribution in [0.2, 0.25) is 0 Å². The largest absolute Gasteiger partial charge is 0.441 e. The van der Waals surface area contributed by atoms with Gasteiger partial charge in [-0.05, 0) is 30.2 Å². The van der Waals surface area contributed by atoms with Gasteiger partial charge >= 0.3 is 6.09 Å². The quantitative estimate of drug-likeness (QED) is 0.736. The fourth-order valence-corrected chi connectivity index (χ4v) is 3.12. The minimum atomic E-state index is -3.62. The average Bonchev–Trinajstić information content (AvgIpc) is 2.94. The molecule has 136 valence electrons. The summed E-state index contributed by atoms with van der Waals surface area (Å²) >= 11 is 0. The molecule has 0 saturated carbocycles. The van der Waals surface area contributed by atoms with Gasteiger partial charge in [0.25, 0.3) is 10.1 Å². The van der Waals surface area contributed by atoms with E-state index in [0.717, 1.165) is 11.8 Å². The van der Waals surface area contributed by atoms with E-state index in [2.05, 4.69) is 4.18 Å². The first kappa shape index (κ1) is 17.8. The lowest BCUT2D eigenvalue weighted by molar-refractivity contribution is 0.107. The number of rotatable bonds is 5. The first-order valence-corrected chi connectivity index (χ1v) is 9.54. The third-order valence-electron chi connectivity index (χ3n) is 3.92. The molecule has 2 aliphatic rings. The van der Waals surface area contributed by atoms with Crippen molar-refractivity contribution in [3.63, 3.8) is 0 Å². The molecule has 2 aliphatic heterocycles. The predicted molar refractivity (Wildman–Crippen MR) is 88.2 cm³/mol. The molecule has 1 fully saturated rings. The van der Waals surface area contributed by atoms with Crippen molar-refractivity contribution >= 4 is 27.5 Å². The molecule has 25 heavy (non-hydrogen) atoms. The van der Waals surface area contributed by atoms with Gasteiger partial charge in [-0.3, -0.25) is 9.08 Å². The van der Waals surface area contributed by atoms with Gasteiger partial charge in [0, 0.05) is 5.56 Å². The maximum atomic E-state index is 14.5. The molecule has 0 aromatic heterocycles. The van der Waals surface area contributed by atoms with Gasteiger partial charge in [0.05, 0.1) is 31.7 Å². The normalized spacial score (nSPS) is 21.2. The van der Waals surface area contributed by atoms with E-state index in [1.165, 1.54) is 11.0 Å². The Balaban J connectivity index is 1.72. The number of halogens is 1. The maximum Gasteiger partial charge on any atom is 0.414 e. The summed E-state index contributed by atoms with van der Waals surface area (Å²) in [5.74, 6) is -0.436. The van der Waals surface area contributed by atoms with Crippen molar-refractivity contribution in [3.8, 4) is 0 Å². The van der Waals surface area contributed by atoms with Gasteiger partial charge in [-0.1, -0.05) is 6.08 Å². The molecule has 1 aromatic carbocycles. The number of anilines is 1. The summed E-state index contributed by atoms with van der Waals surface area (Å²) in [6.07, 6.45) is 1.99. The molecule has 1 atom stereocenters. The van der Waals surface area contributed by atoms with Crippen molar-refractivity contribution in [2.45, 2.75) is 12.5 Å². The first-order valence-electron chi connectivity index (χ1n) is 7.73.